The lowest BCUT2D eigenvalue weighted by Gasteiger charge is -2.10. The van der Waals surface area contributed by atoms with E-state index in [1.54, 1.807) is 28.8 Å². The van der Waals surface area contributed by atoms with Crippen molar-refractivity contribution in [2.45, 2.75) is 12.8 Å². The van der Waals surface area contributed by atoms with Crippen molar-refractivity contribution in [2.75, 3.05) is 0 Å². The number of aryl methyl sites for hydroxylation is 1. The fraction of sp³-hybridized carbons (Fsp3) is 0.133. The summed E-state index contributed by atoms with van der Waals surface area (Å²) in [5.74, 6) is -0.357. The van der Waals surface area contributed by atoms with Gasteiger partial charge >= 0.3 is 0 Å². The highest BCUT2D eigenvalue weighted by molar-refractivity contribution is 6.17. The van der Waals surface area contributed by atoms with Crippen LogP contribution in [0.2, 0.25) is 0 Å². The van der Waals surface area contributed by atoms with Crippen LogP contribution in [0, 0.1) is 18.6 Å². The van der Waals surface area contributed by atoms with E-state index in [1.165, 1.54) is 12.1 Å². The number of imidazole rings is 1. The second kappa shape index (κ2) is 4.87. The molecule has 0 aliphatic heterocycles. The van der Waals surface area contributed by atoms with Gasteiger partial charge in [0.1, 0.15) is 17.2 Å². The summed E-state index contributed by atoms with van der Waals surface area (Å²) in [5.41, 5.74) is 1.93. The van der Waals surface area contributed by atoms with Crippen LogP contribution >= 0.6 is 11.6 Å². The first kappa shape index (κ1) is 13.1. The number of fused-ring (bicyclic) bond motifs is 1. The first-order chi connectivity index (χ1) is 9.61. The average molecular weight is 293 g/mol. The minimum absolute atomic E-state index is 0.0709. The molecule has 0 radical (unpaired) electrons. The normalized spacial score (nSPS) is 11.2. The highest BCUT2D eigenvalue weighted by atomic mass is 35.5. The van der Waals surface area contributed by atoms with Crippen molar-refractivity contribution in [2.24, 2.45) is 0 Å². The van der Waals surface area contributed by atoms with Crippen LogP contribution in [0.25, 0.3) is 16.7 Å². The number of para-hydroxylation sites is 1. The molecule has 0 aliphatic carbocycles. The molecule has 0 saturated carbocycles. The van der Waals surface area contributed by atoms with E-state index in [1.807, 2.05) is 6.92 Å². The molecule has 102 valence electrons. The molecule has 0 unspecified atom stereocenters. The maximum atomic E-state index is 14.1. The lowest BCUT2D eigenvalue weighted by Crippen LogP contribution is -2.02. The van der Waals surface area contributed by atoms with Crippen LogP contribution in [-0.4, -0.2) is 9.55 Å². The molecule has 3 aromatic rings. The molecule has 0 bridgehead atoms. The number of hydrogen-bond acceptors (Lipinski definition) is 1. The molecular formula is C15H11ClF2N2. The second-order valence-corrected chi connectivity index (χ2v) is 4.83. The molecule has 0 aliphatic rings. The van der Waals surface area contributed by atoms with Crippen LogP contribution in [0.15, 0.2) is 36.4 Å². The van der Waals surface area contributed by atoms with E-state index >= 15 is 0 Å². The van der Waals surface area contributed by atoms with Crippen LogP contribution in [0.4, 0.5) is 8.78 Å². The lowest BCUT2D eigenvalue weighted by molar-refractivity contribution is 0.617. The zero-order chi connectivity index (χ0) is 14.3. The Balaban J connectivity index is 2.40. The fourth-order valence-electron chi connectivity index (χ4n) is 2.27. The number of nitrogens with zero attached hydrogens (tertiary/aromatic N) is 2. The first-order valence-electron chi connectivity index (χ1n) is 6.10. The SMILES string of the molecule is Cc1ccc(F)c(-n2c(CCl)nc3c(F)cccc32)c1. The first-order valence-corrected chi connectivity index (χ1v) is 6.63. The van der Waals surface area contributed by atoms with Crippen LogP contribution in [0.3, 0.4) is 0 Å². The lowest BCUT2D eigenvalue weighted by atomic mass is 10.2. The summed E-state index contributed by atoms with van der Waals surface area (Å²) in [6.07, 6.45) is 0. The summed E-state index contributed by atoms with van der Waals surface area (Å²) in [4.78, 5) is 4.17. The topological polar surface area (TPSA) is 17.8 Å². The summed E-state index contributed by atoms with van der Waals surface area (Å²) in [6.45, 7) is 1.86. The van der Waals surface area contributed by atoms with Crippen LogP contribution in [-0.2, 0) is 5.88 Å². The number of benzene rings is 2. The number of aromatic nitrogens is 2. The van der Waals surface area contributed by atoms with Crippen molar-refractivity contribution in [3.8, 4) is 5.69 Å². The van der Waals surface area contributed by atoms with Gasteiger partial charge in [0.2, 0.25) is 0 Å². The van der Waals surface area contributed by atoms with E-state index in [0.29, 0.717) is 17.0 Å². The maximum Gasteiger partial charge on any atom is 0.151 e. The Kier molecular flexibility index (Phi) is 3.18. The number of hydrogen-bond donors (Lipinski definition) is 0. The van der Waals surface area contributed by atoms with Gasteiger partial charge in [-0.3, -0.25) is 4.57 Å². The Morgan fingerprint density at radius 1 is 1.15 bits per heavy atom. The van der Waals surface area contributed by atoms with Gasteiger partial charge in [0.15, 0.2) is 5.82 Å². The monoisotopic (exact) mass is 292 g/mol. The molecule has 0 amide bonds. The van der Waals surface area contributed by atoms with Gasteiger partial charge in [-0.15, -0.1) is 11.6 Å². The standard InChI is InChI=1S/C15H11ClF2N2/c1-9-5-6-10(17)13(7-9)20-12-4-2-3-11(18)15(12)19-14(20)8-16/h2-7H,8H2,1H3. The summed E-state index contributed by atoms with van der Waals surface area (Å²) in [7, 11) is 0. The van der Waals surface area contributed by atoms with E-state index in [2.05, 4.69) is 4.98 Å². The Hall–Kier alpha value is -1.94. The molecule has 0 spiro atoms. The highest BCUT2D eigenvalue weighted by Gasteiger charge is 2.16. The molecule has 20 heavy (non-hydrogen) atoms. The maximum absolute atomic E-state index is 14.1. The van der Waals surface area contributed by atoms with Gasteiger partial charge in [0.25, 0.3) is 0 Å². The highest BCUT2D eigenvalue weighted by Crippen LogP contribution is 2.26. The molecule has 0 N–H and O–H groups in total. The van der Waals surface area contributed by atoms with E-state index < -0.39 is 11.6 Å². The van der Waals surface area contributed by atoms with Crippen molar-refractivity contribution in [3.63, 3.8) is 0 Å². The molecular weight excluding hydrogens is 282 g/mol. The fourth-order valence-corrected chi connectivity index (χ4v) is 2.44. The zero-order valence-electron chi connectivity index (χ0n) is 10.7. The van der Waals surface area contributed by atoms with Gasteiger partial charge in [0.05, 0.1) is 17.1 Å². The van der Waals surface area contributed by atoms with Crippen molar-refractivity contribution in [1.82, 2.24) is 9.55 Å². The van der Waals surface area contributed by atoms with Crippen LogP contribution in [0.5, 0.6) is 0 Å². The van der Waals surface area contributed by atoms with Gasteiger partial charge in [-0.1, -0.05) is 12.1 Å². The number of rotatable bonds is 2. The number of halogens is 3. The van der Waals surface area contributed by atoms with Gasteiger partial charge in [-0.25, -0.2) is 13.8 Å². The van der Waals surface area contributed by atoms with Gasteiger partial charge in [-0.2, -0.15) is 0 Å². The molecule has 1 heterocycles. The number of alkyl halides is 1. The smallest absolute Gasteiger partial charge is 0.151 e. The third-order valence-corrected chi connectivity index (χ3v) is 3.41. The molecule has 3 rings (SSSR count). The van der Waals surface area contributed by atoms with Gasteiger partial charge < -0.3 is 0 Å². The Morgan fingerprint density at radius 2 is 1.95 bits per heavy atom. The van der Waals surface area contributed by atoms with Crippen molar-refractivity contribution < 1.29 is 8.78 Å². The zero-order valence-corrected chi connectivity index (χ0v) is 11.5. The van der Waals surface area contributed by atoms with Crippen molar-refractivity contribution >= 4 is 22.6 Å². The quantitative estimate of drug-likeness (QED) is 0.642. The van der Waals surface area contributed by atoms with E-state index in [0.717, 1.165) is 5.56 Å². The van der Waals surface area contributed by atoms with E-state index in [-0.39, 0.29) is 11.4 Å². The van der Waals surface area contributed by atoms with Crippen LogP contribution in [0.1, 0.15) is 11.4 Å². The average Bonchev–Trinajstić information content (AvgIpc) is 2.81. The molecule has 5 heteroatoms. The molecule has 0 atom stereocenters. The Bertz CT molecular complexity index is 796. The van der Waals surface area contributed by atoms with Gasteiger partial charge in [-0.05, 0) is 36.8 Å². The van der Waals surface area contributed by atoms with E-state index in [9.17, 15) is 8.78 Å². The third kappa shape index (κ3) is 1.96. The van der Waals surface area contributed by atoms with Crippen LogP contribution < -0.4 is 0 Å². The third-order valence-electron chi connectivity index (χ3n) is 3.17. The predicted molar refractivity (Wildman–Crippen MR) is 75.3 cm³/mol. The molecule has 2 nitrogen and oxygen atoms in total. The largest absolute Gasteiger partial charge is 0.292 e. The summed E-state index contributed by atoms with van der Waals surface area (Å²) in [6, 6.07) is 9.35. The molecule has 0 fully saturated rings. The molecule has 1 aromatic heterocycles. The summed E-state index contributed by atoms with van der Waals surface area (Å²) >= 11 is 5.87. The van der Waals surface area contributed by atoms with Crippen molar-refractivity contribution in [1.29, 1.82) is 0 Å². The van der Waals surface area contributed by atoms with Crippen molar-refractivity contribution in [3.05, 3.63) is 59.4 Å². The summed E-state index contributed by atoms with van der Waals surface area (Å²) < 4.78 is 29.5. The second-order valence-electron chi connectivity index (χ2n) is 4.56. The Labute approximate surface area is 119 Å². The minimum Gasteiger partial charge on any atom is -0.292 e. The molecule has 0 saturated heterocycles. The summed E-state index contributed by atoms with van der Waals surface area (Å²) in [5, 5.41) is 0. The minimum atomic E-state index is -0.444. The Morgan fingerprint density at radius 3 is 2.70 bits per heavy atom. The molecule has 2 aromatic carbocycles. The van der Waals surface area contributed by atoms with E-state index in [4.69, 9.17) is 11.6 Å². The predicted octanol–water partition coefficient (Wildman–Crippen LogP) is 4.35. The van der Waals surface area contributed by atoms with Gasteiger partial charge in [0, 0.05) is 0 Å².